The topological polar surface area (TPSA) is 47.7 Å². The maximum atomic E-state index is 6.03. The molecule has 0 saturated carbocycles. The molecule has 2 heterocycles. The molecule has 2 fully saturated rings. The molecule has 2 aliphatic rings. The van der Waals surface area contributed by atoms with E-state index in [-0.39, 0.29) is 6.10 Å². The number of piperidine rings is 1. The van der Waals surface area contributed by atoms with Crippen LogP contribution in [0.4, 0.5) is 0 Å². The van der Waals surface area contributed by atoms with E-state index < -0.39 is 5.79 Å². The normalized spacial score (nSPS) is 40.1. The smallest absolute Gasteiger partial charge is 0.181 e. The Labute approximate surface area is 104 Å². The fourth-order valence-electron chi connectivity index (χ4n) is 3.08. The SMILES string of the molecule is CC(C)N1CCCCC1C1(C)OCC(CN)O1. The lowest BCUT2D eigenvalue weighted by Crippen LogP contribution is -2.56. The van der Waals surface area contributed by atoms with E-state index in [9.17, 15) is 0 Å². The van der Waals surface area contributed by atoms with Crippen LogP contribution in [0.5, 0.6) is 0 Å². The summed E-state index contributed by atoms with van der Waals surface area (Å²) in [6.45, 7) is 8.90. The van der Waals surface area contributed by atoms with E-state index in [1.165, 1.54) is 12.8 Å². The molecule has 2 saturated heterocycles. The summed E-state index contributed by atoms with van der Waals surface area (Å²) in [5, 5.41) is 0. The molecule has 0 aromatic carbocycles. The summed E-state index contributed by atoms with van der Waals surface area (Å²) in [7, 11) is 0. The van der Waals surface area contributed by atoms with E-state index in [1.54, 1.807) is 0 Å². The number of hydrogen-bond acceptors (Lipinski definition) is 4. The van der Waals surface area contributed by atoms with Gasteiger partial charge in [0.25, 0.3) is 0 Å². The zero-order valence-electron chi connectivity index (χ0n) is 11.3. The van der Waals surface area contributed by atoms with Crippen molar-refractivity contribution in [2.45, 2.75) is 64.0 Å². The Hall–Kier alpha value is -0.160. The monoisotopic (exact) mass is 242 g/mol. The highest BCUT2D eigenvalue weighted by molar-refractivity contribution is 4.92. The van der Waals surface area contributed by atoms with Crippen LogP contribution in [0.2, 0.25) is 0 Å². The molecule has 0 aromatic heterocycles. The van der Waals surface area contributed by atoms with Gasteiger partial charge in [0.05, 0.1) is 18.8 Å². The maximum Gasteiger partial charge on any atom is 0.181 e. The van der Waals surface area contributed by atoms with Crippen molar-refractivity contribution in [3.8, 4) is 0 Å². The van der Waals surface area contributed by atoms with Crippen LogP contribution in [0.25, 0.3) is 0 Å². The van der Waals surface area contributed by atoms with Crippen molar-refractivity contribution in [3.63, 3.8) is 0 Å². The van der Waals surface area contributed by atoms with E-state index in [0.29, 0.717) is 25.2 Å². The Morgan fingerprint density at radius 3 is 2.76 bits per heavy atom. The van der Waals surface area contributed by atoms with Gasteiger partial charge in [-0.15, -0.1) is 0 Å². The van der Waals surface area contributed by atoms with Gasteiger partial charge in [-0.05, 0) is 40.2 Å². The molecule has 100 valence electrons. The summed E-state index contributed by atoms with van der Waals surface area (Å²) in [5.41, 5.74) is 5.66. The van der Waals surface area contributed by atoms with Gasteiger partial charge in [0, 0.05) is 12.6 Å². The molecule has 0 radical (unpaired) electrons. The summed E-state index contributed by atoms with van der Waals surface area (Å²) >= 11 is 0. The van der Waals surface area contributed by atoms with Gasteiger partial charge in [0.2, 0.25) is 0 Å². The Balaban J connectivity index is 2.08. The summed E-state index contributed by atoms with van der Waals surface area (Å²) in [4.78, 5) is 2.52. The van der Waals surface area contributed by atoms with Gasteiger partial charge in [-0.2, -0.15) is 0 Å². The van der Waals surface area contributed by atoms with Gasteiger partial charge in [-0.1, -0.05) is 6.42 Å². The number of rotatable bonds is 3. The third-order valence-corrected chi connectivity index (χ3v) is 4.03. The van der Waals surface area contributed by atoms with Crippen molar-refractivity contribution in [3.05, 3.63) is 0 Å². The Morgan fingerprint density at radius 1 is 1.41 bits per heavy atom. The lowest BCUT2D eigenvalue weighted by Gasteiger charge is -2.45. The van der Waals surface area contributed by atoms with Crippen molar-refractivity contribution in [2.24, 2.45) is 5.73 Å². The molecular weight excluding hydrogens is 216 g/mol. The van der Waals surface area contributed by atoms with Gasteiger partial charge in [0.15, 0.2) is 5.79 Å². The summed E-state index contributed by atoms with van der Waals surface area (Å²) in [6, 6.07) is 0.911. The molecular formula is C13H26N2O2. The highest BCUT2D eigenvalue weighted by atomic mass is 16.7. The predicted molar refractivity (Wildman–Crippen MR) is 67.8 cm³/mol. The molecule has 4 nitrogen and oxygen atoms in total. The van der Waals surface area contributed by atoms with Gasteiger partial charge < -0.3 is 15.2 Å². The zero-order chi connectivity index (χ0) is 12.5. The van der Waals surface area contributed by atoms with E-state index in [2.05, 4.69) is 25.7 Å². The van der Waals surface area contributed by atoms with Gasteiger partial charge in [-0.3, -0.25) is 4.90 Å². The maximum absolute atomic E-state index is 6.03. The Morgan fingerprint density at radius 2 is 2.18 bits per heavy atom. The van der Waals surface area contributed by atoms with Crippen LogP contribution in [0, 0.1) is 0 Å². The first-order valence-corrected chi connectivity index (χ1v) is 6.84. The minimum absolute atomic E-state index is 0.0657. The minimum atomic E-state index is -0.464. The van der Waals surface area contributed by atoms with Crippen molar-refractivity contribution < 1.29 is 9.47 Å². The quantitative estimate of drug-likeness (QED) is 0.811. The van der Waals surface area contributed by atoms with Crippen LogP contribution in [0.15, 0.2) is 0 Å². The molecule has 3 unspecified atom stereocenters. The second-order valence-electron chi connectivity index (χ2n) is 5.65. The molecule has 0 aliphatic carbocycles. The van der Waals surface area contributed by atoms with E-state index >= 15 is 0 Å². The number of nitrogens with zero attached hydrogens (tertiary/aromatic N) is 1. The summed E-state index contributed by atoms with van der Waals surface area (Å²) in [5.74, 6) is -0.464. The molecule has 0 amide bonds. The molecule has 2 rings (SSSR count). The molecule has 0 spiro atoms. The highest BCUT2D eigenvalue weighted by Gasteiger charge is 2.47. The van der Waals surface area contributed by atoms with Crippen LogP contribution in [0.3, 0.4) is 0 Å². The Kier molecular flexibility index (Phi) is 4.08. The highest BCUT2D eigenvalue weighted by Crippen LogP contribution is 2.35. The van der Waals surface area contributed by atoms with Crippen molar-refractivity contribution >= 4 is 0 Å². The van der Waals surface area contributed by atoms with Crippen LogP contribution < -0.4 is 5.73 Å². The lowest BCUT2D eigenvalue weighted by molar-refractivity contribution is -0.207. The predicted octanol–water partition coefficient (Wildman–Crippen LogP) is 1.34. The minimum Gasteiger partial charge on any atom is -0.346 e. The van der Waals surface area contributed by atoms with Crippen molar-refractivity contribution in [2.75, 3.05) is 19.7 Å². The van der Waals surface area contributed by atoms with Crippen LogP contribution in [-0.4, -0.2) is 48.6 Å². The second kappa shape index (κ2) is 5.22. The number of nitrogens with two attached hydrogens (primary N) is 1. The first-order valence-electron chi connectivity index (χ1n) is 6.84. The van der Waals surface area contributed by atoms with Crippen molar-refractivity contribution in [1.82, 2.24) is 4.90 Å². The average Bonchev–Trinajstić information content (AvgIpc) is 2.72. The average molecular weight is 242 g/mol. The largest absolute Gasteiger partial charge is 0.346 e. The molecule has 3 atom stereocenters. The van der Waals surface area contributed by atoms with E-state index in [1.807, 2.05) is 0 Å². The molecule has 0 aromatic rings. The second-order valence-corrected chi connectivity index (χ2v) is 5.65. The van der Waals surface area contributed by atoms with Crippen LogP contribution in [0.1, 0.15) is 40.0 Å². The zero-order valence-corrected chi connectivity index (χ0v) is 11.3. The fraction of sp³-hybridized carbons (Fsp3) is 1.00. The first kappa shape index (κ1) is 13.3. The third kappa shape index (κ3) is 2.65. The third-order valence-electron chi connectivity index (χ3n) is 4.03. The van der Waals surface area contributed by atoms with E-state index in [4.69, 9.17) is 15.2 Å². The Bertz CT molecular complexity index is 260. The fourth-order valence-corrected chi connectivity index (χ4v) is 3.08. The number of likely N-dealkylation sites (tertiary alicyclic amines) is 1. The van der Waals surface area contributed by atoms with Crippen LogP contribution in [-0.2, 0) is 9.47 Å². The molecule has 2 N–H and O–H groups in total. The summed E-state index contributed by atoms with van der Waals surface area (Å²) in [6.07, 6.45) is 3.77. The first-order chi connectivity index (χ1) is 8.07. The van der Waals surface area contributed by atoms with E-state index in [0.717, 1.165) is 13.0 Å². The number of hydrogen-bond donors (Lipinski definition) is 1. The molecule has 2 aliphatic heterocycles. The molecule has 17 heavy (non-hydrogen) atoms. The molecule has 4 heteroatoms. The van der Waals surface area contributed by atoms with Gasteiger partial charge >= 0.3 is 0 Å². The van der Waals surface area contributed by atoms with Crippen molar-refractivity contribution in [1.29, 1.82) is 0 Å². The standard InChI is InChI=1S/C13H26N2O2/c1-10(2)15-7-5-4-6-12(15)13(3)16-9-11(8-14)17-13/h10-12H,4-9,14H2,1-3H3. The number of ether oxygens (including phenoxy) is 2. The summed E-state index contributed by atoms with van der Waals surface area (Å²) < 4.78 is 11.9. The van der Waals surface area contributed by atoms with Gasteiger partial charge in [0.1, 0.15) is 0 Å². The molecule has 0 bridgehead atoms. The lowest BCUT2D eigenvalue weighted by atomic mass is 9.94. The van der Waals surface area contributed by atoms with Gasteiger partial charge in [-0.25, -0.2) is 0 Å². The van der Waals surface area contributed by atoms with Crippen LogP contribution >= 0.6 is 0 Å².